The van der Waals surface area contributed by atoms with Gasteiger partial charge in [0.05, 0.1) is 12.2 Å². The number of hydrogen-bond acceptors (Lipinski definition) is 5. The van der Waals surface area contributed by atoms with Crippen LogP contribution in [0, 0.1) is 0 Å². The number of nitrogens with two attached hydrogens (primary N) is 1. The van der Waals surface area contributed by atoms with Crippen molar-refractivity contribution in [2.75, 3.05) is 25.7 Å². The van der Waals surface area contributed by atoms with Crippen LogP contribution in [0.4, 0.5) is 5.82 Å². The molecule has 100 valence electrons. The van der Waals surface area contributed by atoms with Crippen LogP contribution in [-0.2, 0) is 4.74 Å². The van der Waals surface area contributed by atoms with E-state index in [1.807, 2.05) is 13.8 Å². The first-order valence-electron chi connectivity index (χ1n) is 5.83. The van der Waals surface area contributed by atoms with Crippen LogP contribution < -0.4 is 11.3 Å². The van der Waals surface area contributed by atoms with Gasteiger partial charge in [-0.1, -0.05) is 0 Å². The third-order valence-electron chi connectivity index (χ3n) is 2.60. The highest BCUT2D eigenvalue weighted by molar-refractivity contribution is 5.98. The fourth-order valence-corrected chi connectivity index (χ4v) is 1.63. The Morgan fingerprint density at radius 2 is 2.33 bits per heavy atom. The summed E-state index contributed by atoms with van der Waals surface area (Å²) in [6.45, 7) is 4.94. The van der Waals surface area contributed by atoms with E-state index < -0.39 is 0 Å². The molecule has 1 amide bonds. The Morgan fingerprint density at radius 3 is 2.89 bits per heavy atom. The van der Waals surface area contributed by atoms with Gasteiger partial charge < -0.3 is 15.1 Å². The predicted molar refractivity (Wildman–Crippen MR) is 70.1 cm³/mol. The molecule has 0 fully saturated rings. The van der Waals surface area contributed by atoms with Crippen LogP contribution in [0.3, 0.4) is 0 Å². The number of rotatable bonds is 6. The highest BCUT2D eigenvalue weighted by Crippen LogP contribution is 2.14. The number of hydrogen-bond donors (Lipinski definition) is 2. The minimum absolute atomic E-state index is 0.0819. The van der Waals surface area contributed by atoms with Gasteiger partial charge in [-0.25, -0.2) is 10.8 Å². The Kier molecular flexibility index (Phi) is 5.54. The van der Waals surface area contributed by atoms with Gasteiger partial charge in [0.15, 0.2) is 5.82 Å². The van der Waals surface area contributed by atoms with E-state index in [1.54, 1.807) is 30.3 Å². The molecule has 0 aromatic carbocycles. The molecule has 0 aliphatic carbocycles. The Morgan fingerprint density at radius 1 is 1.61 bits per heavy atom. The lowest BCUT2D eigenvalue weighted by molar-refractivity contribution is 0.0635. The number of aromatic nitrogens is 1. The zero-order valence-corrected chi connectivity index (χ0v) is 11.0. The second kappa shape index (κ2) is 6.93. The number of pyridine rings is 1. The van der Waals surface area contributed by atoms with Gasteiger partial charge in [0.1, 0.15) is 0 Å². The van der Waals surface area contributed by atoms with Gasteiger partial charge in [-0.2, -0.15) is 0 Å². The number of amides is 1. The molecular formula is C12H20N4O2. The maximum atomic E-state index is 12.4. The first-order valence-corrected chi connectivity index (χ1v) is 5.83. The molecule has 6 nitrogen and oxygen atoms in total. The maximum absolute atomic E-state index is 12.4. The molecule has 1 rings (SSSR count). The molecule has 1 aromatic heterocycles. The van der Waals surface area contributed by atoms with E-state index in [-0.39, 0.29) is 11.9 Å². The summed E-state index contributed by atoms with van der Waals surface area (Å²) in [5, 5.41) is 0. The number of methoxy groups -OCH3 is 1. The Hall–Kier alpha value is -1.66. The third kappa shape index (κ3) is 3.41. The molecule has 0 unspecified atom stereocenters. The fraction of sp³-hybridized carbons (Fsp3) is 0.500. The summed E-state index contributed by atoms with van der Waals surface area (Å²) >= 11 is 0. The van der Waals surface area contributed by atoms with Crippen molar-refractivity contribution in [2.24, 2.45) is 5.84 Å². The van der Waals surface area contributed by atoms with Crippen LogP contribution in [-0.4, -0.2) is 42.1 Å². The molecule has 3 N–H and O–H groups in total. The quantitative estimate of drug-likeness (QED) is 0.580. The normalized spacial score (nSPS) is 10.5. The van der Waals surface area contributed by atoms with Crippen molar-refractivity contribution in [3.05, 3.63) is 23.9 Å². The Labute approximate surface area is 107 Å². The lowest BCUT2D eigenvalue weighted by Crippen LogP contribution is -2.39. The lowest BCUT2D eigenvalue weighted by atomic mass is 10.2. The Balaban J connectivity index is 2.94. The minimum atomic E-state index is -0.108. The summed E-state index contributed by atoms with van der Waals surface area (Å²) in [6.07, 6.45) is 1.58. The molecule has 0 spiro atoms. The number of hydrazine groups is 1. The molecule has 1 aromatic rings. The van der Waals surface area contributed by atoms with E-state index >= 15 is 0 Å². The fourth-order valence-electron chi connectivity index (χ4n) is 1.63. The molecule has 0 bridgehead atoms. The van der Waals surface area contributed by atoms with Crippen molar-refractivity contribution < 1.29 is 9.53 Å². The Bertz CT molecular complexity index is 395. The van der Waals surface area contributed by atoms with Gasteiger partial charge in [0.25, 0.3) is 5.91 Å². The summed E-state index contributed by atoms with van der Waals surface area (Å²) in [5.74, 6) is 5.63. The molecule has 0 atom stereocenters. The van der Waals surface area contributed by atoms with Gasteiger partial charge in [-0.15, -0.1) is 0 Å². The molecule has 0 aliphatic rings. The molecule has 0 radical (unpaired) electrons. The molecule has 18 heavy (non-hydrogen) atoms. The summed E-state index contributed by atoms with van der Waals surface area (Å²) in [5.41, 5.74) is 2.90. The van der Waals surface area contributed by atoms with Crippen LogP contribution in [0.15, 0.2) is 18.3 Å². The number of nitrogens with one attached hydrogen (secondary N) is 1. The van der Waals surface area contributed by atoms with E-state index in [4.69, 9.17) is 10.6 Å². The lowest BCUT2D eigenvalue weighted by Gasteiger charge is -2.27. The summed E-state index contributed by atoms with van der Waals surface area (Å²) in [7, 11) is 1.61. The molecule has 0 saturated carbocycles. The van der Waals surface area contributed by atoms with E-state index in [0.29, 0.717) is 24.5 Å². The second-order valence-electron chi connectivity index (χ2n) is 4.13. The van der Waals surface area contributed by atoms with Gasteiger partial charge >= 0.3 is 0 Å². The SMILES string of the molecule is COCCN(C(=O)c1cccnc1NN)C(C)C. The molecule has 6 heteroatoms. The monoisotopic (exact) mass is 252 g/mol. The molecule has 0 saturated heterocycles. The van der Waals surface area contributed by atoms with E-state index in [0.717, 1.165) is 0 Å². The summed E-state index contributed by atoms with van der Waals surface area (Å²) in [6, 6.07) is 3.49. The number of nitrogen functional groups attached to an aromatic ring is 1. The number of carbonyl (C=O) groups is 1. The largest absolute Gasteiger partial charge is 0.383 e. The van der Waals surface area contributed by atoms with Crippen molar-refractivity contribution in [2.45, 2.75) is 19.9 Å². The predicted octanol–water partition coefficient (Wildman–Crippen LogP) is 0.864. The number of anilines is 1. The zero-order valence-electron chi connectivity index (χ0n) is 11.0. The smallest absolute Gasteiger partial charge is 0.257 e. The van der Waals surface area contributed by atoms with E-state index in [1.165, 1.54) is 0 Å². The van der Waals surface area contributed by atoms with Gasteiger partial charge in [-0.05, 0) is 26.0 Å². The second-order valence-corrected chi connectivity index (χ2v) is 4.13. The summed E-state index contributed by atoms with van der Waals surface area (Å²) in [4.78, 5) is 18.2. The van der Waals surface area contributed by atoms with Crippen molar-refractivity contribution in [3.63, 3.8) is 0 Å². The average molecular weight is 252 g/mol. The molecule has 1 heterocycles. The van der Waals surface area contributed by atoms with Gasteiger partial charge in [0, 0.05) is 25.9 Å². The van der Waals surface area contributed by atoms with E-state index in [2.05, 4.69) is 10.4 Å². The van der Waals surface area contributed by atoms with Crippen molar-refractivity contribution in [1.82, 2.24) is 9.88 Å². The third-order valence-corrected chi connectivity index (χ3v) is 2.60. The molecular weight excluding hydrogens is 232 g/mol. The zero-order chi connectivity index (χ0) is 13.5. The van der Waals surface area contributed by atoms with Crippen LogP contribution in [0.2, 0.25) is 0 Å². The highest BCUT2D eigenvalue weighted by Gasteiger charge is 2.21. The van der Waals surface area contributed by atoms with Gasteiger partial charge in [0.2, 0.25) is 0 Å². The number of nitrogens with zero attached hydrogens (tertiary/aromatic N) is 2. The number of ether oxygens (including phenoxy) is 1. The van der Waals surface area contributed by atoms with Crippen LogP contribution in [0.25, 0.3) is 0 Å². The highest BCUT2D eigenvalue weighted by atomic mass is 16.5. The average Bonchev–Trinajstić information content (AvgIpc) is 2.38. The van der Waals surface area contributed by atoms with Crippen molar-refractivity contribution >= 4 is 11.7 Å². The van der Waals surface area contributed by atoms with Gasteiger partial charge in [-0.3, -0.25) is 4.79 Å². The number of carbonyl (C=O) groups excluding carboxylic acids is 1. The molecule has 0 aliphatic heterocycles. The topological polar surface area (TPSA) is 80.5 Å². The van der Waals surface area contributed by atoms with Crippen LogP contribution in [0.5, 0.6) is 0 Å². The van der Waals surface area contributed by atoms with Crippen LogP contribution >= 0.6 is 0 Å². The standard InChI is InChI=1S/C12H20N4O2/c1-9(2)16(7-8-18-3)12(17)10-5-4-6-14-11(10)15-13/h4-6,9H,7-8,13H2,1-3H3,(H,14,15). The maximum Gasteiger partial charge on any atom is 0.257 e. The minimum Gasteiger partial charge on any atom is -0.383 e. The first-order chi connectivity index (χ1) is 8.61. The van der Waals surface area contributed by atoms with Crippen LogP contribution in [0.1, 0.15) is 24.2 Å². The van der Waals surface area contributed by atoms with E-state index in [9.17, 15) is 4.79 Å². The first kappa shape index (κ1) is 14.4. The van der Waals surface area contributed by atoms with Crippen molar-refractivity contribution in [1.29, 1.82) is 0 Å². The summed E-state index contributed by atoms with van der Waals surface area (Å²) < 4.78 is 5.02. The van der Waals surface area contributed by atoms with Crippen molar-refractivity contribution in [3.8, 4) is 0 Å².